The van der Waals surface area contributed by atoms with Crippen LogP contribution in [0.25, 0.3) is 11.1 Å². The Hall–Kier alpha value is -1.58. The topological polar surface area (TPSA) is 39.2 Å². The molecular weight excluding hydrogens is 297 g/mol. The minimum absolute atomic E-state index is 0.241. The van der Waals surface area contributed by atoms with E-state index in [2.05, 4.69) is 4.98 Å². The van der Waals surface area contributed by atoms with E-state index in [1.807, 2.05) is 19.9 Å². The number of benzene rings is 1. The molecule has 0 aliphatic heterocycles. The van der Waals surface area contributed by atoms with Crippen molar-refractivity contribution in [1.29, 1.82) is 0 Å². The van der Waals surface area contributed by atoms with E-state index < -0.39 is 5.24 Å². The molecule has 0 saturated carbocycles. The van der Waals surface area contributed by atoms with E-state index in [-0.39, 0.29) is 5.56 Å². The quantitative estimate of drug-likeness (QED) is 0.763. The summed E-state index contributed by atoms with van der Waals surface area (Å²) in [5.41, 5.74) is 1.73. The minimum Gasteiger partial charge on any atom is -0.495 e. The minimum atomic E-state index is -0.612. The Bertz CT molecular complexity index is 586. The number of carbonyl (C=O) groups excluding carboxylic acids is 1. The van der Waals surface area contributed by atoms with Crippen molar-refractivity contribution in [3.63, 3.8) is 0 Å². The van der Waals surface area contributed by atoms with Gasteiger partial charge >= 0.3 is 0 Å². The zero-order valence-electron chi connectivity index (χ0n) is 11.5. The van der Waals surface area contributed by atoms with Crippen LogP contribution in [0.2, 0.25) is 5.02 Å². The van der Waals surface area contributed by atoms with Gasteiger partial charge in [0.25, 0.3) is 5.24 Å². The lowest BCUT2D eigenvalue weighted by atomic mass is 10.0. The molecule has 0 spiro atoms. The molecule has 0 unspecified atom stereocenters. The molecule has 5 heteroatoms. The van der Waals surface area contributed by atoms with Crippen LogP contribution in [0.15, 0.2) is 36.7 Å². The third kappa shape index (κ3) is 3.71. The number of rotatable bonds is 3. The Morgan fingerprint density at radius 1 is 1.30 bits per heavy atom. The summed E-state index contributed by atoms with van der Waals surface area (Å²) in [6.45, 7) is 4.00. The molecule has 106 valence electrons. The number of nitrogens with zero attached hydrogens (tertiary/aromatic N) is 1. The molecule has 1 aromatic heterocycles. The Balaban J connectivity index is 0.000000956. The average Bonchev–Trinajstić information content (AvgIpc) is 2.49. The SMILES string of the molecule is CC.COc1c(C(=O)Cl)cc(Cl)cc1-c1cccnc1. The zero-order valence-corrected chi connectivity index (χ0v) is 13.0. The van der Waals surface area contributed by atoms with Crippen molar-refractivity contribution in [3.05, 3.63) is 47.2 Å². The zero-order chi connectivity index (χ0) is 15.1. The van der Waals surface area contributed by atoms with Crippen LogP contribution >= 0.6 is 23.2 Å². The number of halogens is 2. The van der Waals surface area contributed by atoms with Crippen LogP contribution in [-0.2, 0) is 0 Å². The number of methoxy groups -OCH3 is 1. The van der Waals surface area contributed by atoms with Crippen molar-refractivity contribution >= 4 is 28.4 Å². The van der Waals surface area contributed by atoms with Gasteiger partial charge in [-0.15, -0.1) is 0 Å². The highest BCUT2D eigenvalue weighted by molar-refractivity contribution is 6.68. The molecular formula is C15H15Cl2NO2. The fourth-order valence-corrected chi connectivity index (χ4v) is 2.05. The third-order valence-electron chi connectivity index (χ3n) is 2.44. The van der Waals surface area contributed by atoms with Gasteiger partial charge in [0.05, 0.1) is 12.7 Å². The second-order valence-electron chi connectivity index (χ2n) is 3.55. The second-order valence-corrected chi connectivity index (χ2v) is 4.33. The summed E-state index contributed by atoms with van der Waals surface area (Å²) >= 11 is 11.5. The molecule has 20 heavy (non-hydrogen) atoms. The molecule has 0 aliphatic carbocycles. The summed E-state index contributed by atoms with van der Waals surface area (Å²) in [6.07, 6.45) is 3.32. The molecule has 0 fully saturated rings. The highest BCUT2D eigenvalue weighted by atomic mass is 35.5. The maximum absolute atomic E-state index is 11.4. The standard InChI is InChI=1S/C13H9Cl2NO2.C2H6/c1-18-12-10(8-3-2-4-16-7-8)5-9(14)6-11(12)13(15)17;1-2/h2-7H,1H3;1-2H3. The van der Waals surface area contributed by atoms with Crippen LogP contribution in [0.4, 0.5) is 0 Å². The second kappa shape index (κ2) is 7.88. The van der Waals surface area contributed by atoms with Gasteiger partial charge in [0.1, 0.15) is 5.75 Å². The normalized spacial score (nSPS) is 9.45. The number of hydrogen-bond acceptors (Lipinski definition) is 3. The molecule has 0 N–H and O–H groups in total. The van der Waals surface area contributed by atoms with Gasteiger partial charge in [-0.1, -0.05) is 31.5 Å². The predicted molar refractivity (Wildman–Crippen MR) is 82.8 cm³/mol. The number of hydrogen-bond donors (Lipinski definition) is 0. The van der Waals surface area contributed by atoms with Crippen molar-refractivity contribution in [2.75, 3.05) is 7.11 Å². The van der Waals surface area contributed by atoms with Crippen molar-refractivity contribution in [2.24, 2.45) is 0 Å². The highest BCUT2D eigenvalue weighted by Gasteiger charge is 2.17. The van der Waals surface area contributed by atoms with E-state index in [0.717, 1.165) is 5.56 Å². The molecule has 3 nitrogen and oxygen atoms in total. The van der Waals surface area contributed by atoms with Gasteiger partial charge in [-0.05, 0) is 29.8 Å². The summed E-state index contributed by atoms with van der Waals surface area (Å²) < 4.78 is 5.26. The lowest BCUT2D eigenvalue weighted by Crippen LogP contribution is -1.98. The van der Waals surface area contributed by atoms with Crippen molar-refractivity contribution in [2.45, 2.75) is 13.8 Å². The smallest absolute Gasteiger partial charge is 0.256 e. The van der Waals surface area contributed by atoms with Gasteiger partial charge in [0.2, 0.25) is 0 Å². The number of carbonyl (C=O) groups is 1. The fraction of sp³-hybridized carbons (Fsp3) is 0.200. The lowest BCUT2D eigenvalue weighted by Gasteiger charge is -2.12. The molecule has 1 heterocycles. The first-order chi connectivity index (χ1) is 9.63. The van der Waals surface area contributed by atoms with E-state index in [9.17, 15) is 4.79 Å². The maximum Gasteiger partial charge on any atom is 0.256 e. The summed E-state index contributed by atoms with van der Waals surface area (Å²) in [7, 11) is 1.48. The van der Waals surface area contributed by atoms with Gasteiger partial charge in [-0.3, -0.25) is 9.78 Å². The lowest BCUT2D eigenvalue weighted by molar-refractivity contribution is 0.107. The van der Waals surface area contributed by atoms with Crippen LogP contribution in [0, 0.1) is 0 Å². The largest absolute Gasteiger partial charge is 0.495 e. The maximum atomic E-state index is 11.4. The van der Waals surface area contributed by atoms with E-state index in [0.29, 0.717) is 16.3 Å². The van der Waals surface area contributed by atoms with Gasteiger partial charge in [-0.25, -0.2) is 0 Å². The predicted octanol–water partition coefficient (Wildman–Crippen LogP) is 4.82. The fourth-order valence-electron chi connectivity index (χ4n) is 1.70. The molecule has 0 bridgehead atoms. The molecule has 1 aromatic carbocycles. The third-order valence-corrected chi connectivity index (χ3v) is 2.86. The Morgan fingerprint density at radius 3 is 2.50 bits per heavy atom. The van der Waals surface area contributed by atoms with Crippen molar-refractivity contribution in [3.8, 4) is 16.9 Å². The Labute approximate surface area is 128 Å². The van der Waals surface area contributed by atoms with E-state index in [1.165, 1.54) is 13.2 Å². The Morgan fingerprint density at radius 2 is 2.00 bits per heavy atom. The van der Waals surface area contributed by atoms with Gasteiger partial charge in [0.15, 0.2) is 0 Å². The van der Waals surface area contributed by atoms with Crippen molar-refractivity contribution in [1.82, 2.24) is 4.98 Å². The highest BCUT2D eigenvalue weighted by Crippen LogP contribution is 2.36. The summed E-state index contributed by atoms with van der Waals surface area (Å²) in [5.74, 6) is 0.396. The molecule has 0 radical (unpaired) electrons. The molecule has 0 aliphatic rings. The van der Waals surface area contributed by atoms with Gasteiger partial charge in [-0.2, -0.15) is 0 Å². The number of aromatic nitrogens is 1. The number of ether oxygens (including phenoxy) is 1. The van der Waals surface area contributed by atoms with Gasteiger partial charge < -0.3 is 4.74 Å². The monoisotopic (exact) mass is 311 g/mol. The van der Waals surface area contributed by atoms with Crippen LogP contribution in [0.5, 0.6) is 5.75 Å². The first-order valence-corrected chi connectivity index (χ1v) is 6.87. The first-order valence-electron chi connectivity index (χ1n) is 6.11. The summed E-state index contributed by atoms with van der Waals surface area (Å²) in [6, 6.07) is 6.83. The van der Waals surface area contributed by atoms with Crippen LogP contribution in [-0.4, -0.2) is 17.3 Å². The van der Waals surface area contributed by atoms with Crippen molar-refractivity contribution < 1.29 is 9.53 Å². The van der Waals surface area contributed by atoms with E-state index in [1.54, 1.807) is 24.5 Å². The van der Waals surface area contributed by atoms with Gasteiger partial charge in [0, 0.05) is 28.5 Å². The van der Waals surface area contributed by atoms with Crippen LogP contribution in [0.1, 0.15) is 24.2 Å². The Kier molecular flexibility index (Phi) is 6.49. The molecule has 0 atom stereocenters. The summed E-state index contributed by atoms with van der Waals surface area (Å²) in [4.78, 5) is 15.4. The van der Waals surface area contributed by atoms with Crippen LogP contribution < -0.4 is 4.74 Å². The average molecular weight is 312 g/mol. The molecule has 0 amide bonds. The van der Waals surface area contributed by atoms with Crippen LogP contribution in [0.3, 0.4) is 0 Å². The summed E-state index contributed by atoms with van der Waals surface area (Å²) in [5, 5.41) is -0.196. The van der Waals surface area contributed by atoms with E-state index >= 15 is 0 Å². The first kappa shape index (κ1) is 16.5. The number of pyridine rings is 1. The van der Waals surface area contributed by atoms with E-state index in [4.69, 9.17) is 27.9 Å². The molecule has 2 rings (SSSR count). The molecule has 0 saturated heterocycles. The molecule has 2 aromatic rings.